The summed E-state index contributed by atoms with van der Waals surface area (Å²) < 4.78 is 5.55. The first-order valence-corrected chi connectivity index (χ1v) is 6.16. The minimum Gasteiger partial charge on any atom is -0.451 e. The molecule has 19 heavy (non-hydrogen) atoms. The normalized spacial score (nSPS) is 11.2. The van der Waals surface area contributed by atoms with E-state index in [0.29, 0.717) is 23.6 Å². The average Bonchev–Trinajstić information content (AvgIpc) is 2.77. The van der Waals surface area contributed by atoms with E-state index >= 15 is 0 Å². The zero-order chi connectivity index (χ0) is 14.0. The van der Waals surface area contributed by atoms with Gasteiger partial charge in [0.25, 0.3) is 5.91 Å². The molecule has 2 rings (SSSR count). The molecule has 102 valence electrons. The molecule has 0 spiro atoms. The van der Waals surface area contributed by atoms with Gasteiger partial charge in [0, 0.05) is 31.2 Å². The molecule has 2 aromatic rings. The van der Waals surface area contributed by atoms with Gasteiger partial charge >= 0.3 is 0 Å². The number of hydrogen-bond donors (Lipinski definition) is 1. The van der Waals surface area contributed by atoms with Crippen LogP contribution in [0.3, 0.4) is 0 Å². The number of carbonyl (C=O) groups is 1. The summed E-state index contributed by atoms with van der Waals surface area (Å²) in [5.41, 5.74) is 7.05. The number of carbonyl (C=O) groups excluding carboxylic acids is 1. The Balaban J connectivity index is 2.16. The van der Waals surface area contributed by atoms with Crippen molar-refractivity contribution in [3.05, 3.63) is 30.0 Å². The second-order valence-corrected chi connectivity index (χ2v) is 4.94. The zero-order valence-electron chi connectivity index (χ0n) is 11.5. The fraction of sp³-hybridized carbons (Fsp3) is 0.357. The molecule has 0 unspecified atom stereocenters. The molecule has 1 heterocycles. The van der Waals surface area contributed by atoms with Gasteiger partial charge in [-0.05, 0) is 38.4 Å². The highest BCUT2D eigenvalue weighted by molar-refractivity contribution is 5.96. The number of hydrogen-bond acceptors (Lipinski definition) is 4. The van der Waals surface area contributed by atoms with E-state index in [4.69, 9.17) is 10.2 Å². The Morgan fingerprint density at radius 3 is 2.63 bits per heavy atom. The molecule has 0 aliphatic carbocycles. The van der Waals surface area contributed by atoms with Gasteiger partial charge in [0.2, 0.25) is 0 Å². The number of rotatable bonds is 4. The van der Waals surface area contributed by atoms with Gasteiger partial charge in [-0.3, -0.25) is 4.79 Å². The molecule has 0 fully saturated rings. The summed E-state index contributed by atoms with van der Waals surface area (Å²) in [6.07, 6.45) is 0. The SMILES string of the molecule is CN(C)CCN(C)C(=O)c1cc2cc(N)ccc2o1. The Hall–Kier alpha value is -2.01. The number of nitrogen functional groups attached to an aromatic ring is 1. The smallest absolute Gasteiger partial charge is 0.289 e. The molecular weight excluding hydrogens is 242 g/mol. The van der Waals surface area contributed by atoms with Gasteiger partial charge in [-0.25, -0.2) is 0 Å². The van der Waals surface area contributed by atoms with Crippen LogP contribution in [-0.4, -0.2) is 49.9 Å². The predicted molar refractivity (Wildman–Crippen MR) is 76.1 cm³/mol. The monoisotopic (exact) mass is 261 g/mol. The van der Waals surface area contributed by atoms with Crippen molar-refractivity contribution in [3.8, 4) is 0 Å². The van der Waals surface area contributed by atoms with Gasteiger partial charge in [0.15, 0.2) is 5.76 Å². The lowest BCUT2D eigenvalue weighted by atomic mass is 10.2. The van der Waals surface area contributed by atoms with Crippen LogP contribution in [0, 0.1) is 0 Å². The molecule has 2 N–H and O–H groups in total. The highest BCUT2D eigenvalue weighted by Crippen LogP contribution is 2.22. The van der Waals surface area contributed by atoms with E-state index in [-0.39, 0.29) is 5.91 Å². The molecule has 1 aromatic heterocycles. The summed E-state index contributed by atoms with van der Waals surface area (Å²) in [6.45, 7) is 1.47. The number of anilines is 1. The van der Waals surface area contributed by atoms with Crippen LogP contribution in [0.2, 0.25) is 0 Å². The standard InChI is InChI=1S/C14H19N3O2/c1-16(2)6-7-17(3)14(18)13-9-10-8-11(15)4-5-12(10)19-13/h4-5,8-9H,6-7,15H2,1-3H3. The van der Waals surface area contributed by atoms with Crippen molar-refractivity contribution >= 4 is 22.6 Å². The first-order valence-electron chi connectivity index (χ1n) is 6.16. The molecule has 1 amide bonds. The topological polar surface area (TPSA) is 62.7 Å². The van der Waals surface area contributed by atoms with E-state index in [1.165, 1.54) is 0 Å². The van der Waals surface area contributed by atoms with Crippen LogP contribution < -0.4 is 5.73 Å². The maximum absolute atomic E-state index is 12.2. The number of nitrogens with two attached hydrogens (primary N) is 1. The maximum Gasteiger partial charge on any atom is 0.289 e. The third-order valence-corrected chi connectivity index (χ3v) is 2.98. The largest absolute Gasteiger partial charge is 0.451 e. The van der Waals surface area contributed by atoms with E-state index in [1.54, 1.807) is 36.2 Å². The van der Waals surface area contributed by atoms with Crippen LogP contribution in [0.5, 0.6) is 0 Å². The van der Waals surface area contributed by atoms with Gasteiger partial charge in [-0.2, -0.15) is 0 Å². The second-order valence-electron chi connectivity index (χ2n) is 4.94. The molecule has 0 saturated heterocycles. The predicted octanol–water partition coefficient (Wildman–Crippen LogP) is 1.65. The third-order valence-electron chi connectivity index (χ3n) is 2.98. The zero-order valence-corrected chi connectivity index (χ0v) is 11.5. The van der Waals surface area contributed by atoms with Gasteiger partial charge < -0.3 is 20.0 Å². The van der Waals surface area contributed by atoms with Crippen LogP contribution in [-0.2, 0) is 0 Å². The molecule has 0 aliphatic rings. The Labute approximate surface area is 112 Å². The highest BCUT2D eigenvalue weighted by atomic mass is 16.3. The lowest BCUT2D eigenvalue weighted by Gasteiger charge is -2.18. The lowest BCUT2D eigenvalue weighted by molar-refractivity contribution is 0.0757. The highest BCUT2D eigenvalue weighted by Gasteiger charge is 2.16. The first kappa shape index (κ1) is 13.4. The summed E-state index contributed by atoms with van der Waals surface area (Å²) >= 11 is 0. The molecule has 0 bridgehead atoms. The van der Waals surface area contributed by atoms with E-state index < -0.39 is 0 Å². The summed E-state index contributed by atoms with van der Waals surface area (Å²) in [7, 11) is 5.72. The van der Waals surface area contributed by atoms with Crippen LogP contribution in [0.1, 0.15) is 10.6 Å². The average molecular weight is 261 g/mol. The fourth-order valence-electron chi connectivity index (χ4n) is 1.81. The van der Waals surface area contributed by atoms with E-state index in [9.17, 15) is 4.79 Å². The molecule has 0 aliphatic heterocycles. The van der Waals surface area contributed by atoms with Crippen molar-refractivity contribution in [2.24, 2.45) is 0 Å². The summed E-state index contributed by atoms with van der Waals surface area (Å²) in [4.78, 5) is 15.9. The van der Waals surface area contributed by atoms with Crippen LogP contribution in [0.25, 0.3) is 11.0 Å². The van der Waals surface area contributed by atoms with Crippen LogP contribution in [0.4, 0.5) is 5.69 Å². The van der Waals surface area contributed by atoms with Crippen molar-refractivity contribution in [2.75, 3.05) is 40.0 Å². The Bertz CT molecular complexity index is 589. The maximum atomic E-state index is 12.2. The quantitative estimate of drug-likeness (QED) is 0.850. The molecule has 0 radical (unpaired) electrons. The Morgan fingerprint density at radius 2 is 1.95 bits per heavy atom. The van der Waals surface area contributed by atoms with Crippen molar-refractivity contribution in [2.45, 2.75) is 0 Å². The van der Waals surface area contributed by atoms with Crippen molar-refractivity contribution in [1.82, 2.24) is 9.80 Å². The third kappa shape index (κ3) is 3.06. The summed E-state index contributed by atoms with van der Waals surface area (Å²) in [5, 5.41) is 0.851. The Kier molecular flexibility index (Phi) is 3.76. The van der Waals surface area contributed by atoms with E-state index in [2.05, 4.69) is 0 Å². The molecule has 5 heteroatoms. The Morgan fingerprint density at radius 1 is 1.21 bits per heavy atom. The molecule has 0 atom stereocenters. The number of fused-ring (bicyclic) bond motifs is 1. The minimum absolute atomic E-state index is 0.114. The first-order chi connectivity index (χ1) is 8.97. The summed E-state index contributed by atoms with van der Waals surface area (Å²) in [5.74, 6) is 0.235. The van der Waals surface area contributed by atoms with Crippen molar-refractivity contribution in [3.63, 3.8) is 0 Å². The second kappa shape index (κ2) is 5.32. The fourth-order valence-corrected chi connectivity index (χ4v) is 1.81. The number of likely N-dealkylation sites (N-methyl/N-ethyl adjacent to an activating group) is 2. The number of furan rings is 1. The number of benzene rings is 1. The van der Waals surface area contributed by atoms with Gasteiger partial charge in [0.05, 0.1) is 0 Å². The minimum atomic E-state index is -0.114. The van der Waals surface area contributed by atoms with Gasteiger partial charge in [-0.1, -0.05) is 0 Å². The number of nitrogens with zero attached hydrogens (tertiary/aromatic N) is 2. The van der Waals surface area contributed by atoms with E-state index in [0.717, 1.165) is 11.9 Å². The van der Waals surface area contributed by atoms with E-state index in [1.807, 2.05) is 19.0 Å². The van der Waals surface area contributed by atoms with Gasteiger partial charge in [-0.15, -0.1) is 0 Å². The molecule has 0 saturated carbocycles. The lowest BCUT2D eigenvalue weighted by Crippen LogP contribution is -2.33. The molecule has 5 nitrogen and oxygen atoms in total. The molecular formula is C14H19N3O2. The number of amides is 1. The van der Waals surface area contributed by atoms with Crippen LogP contribution >= 0.6 is 0 Å². The molecule has 1 aromatic carbocycles. The summed E-state index contributed by atoms with van der Waals surface area (Å²) in [6, 6.07) is 7.08. The van der Waals surface area contributed by atoms with Gasteiger partial charge in [0.1, 0.15) is 5.58 Å². The van der Waals surface area contributed by atoms with Crippen molar-refractivity contribution in [1.29, 1.82) is 0 Å². The van der Waals surface area contributed by atoms with Crippen LogP contribution in [0.15, 0.2) is 28.7 Å². The van der Waals surface area contributed by atoms with Crippen molar-refractivity contribution < 1.29 is 9.21 Å².